The Hall–Kier alpha value is -3.28. The van der Waals surface area contributed by atoms with Crippen molar-refractivity contribution in [3.05, 3.63) is 58.2 Å². The molecule has 5 aliphatic rings. The van der Waals surface area contributed by atoms with Gasteiger partial charge in [-0.3, -0.25) is 9.59 Å². The summed E-state index contributed by atoms with van der Waals surface area (Å²) in [5.41, 5.74) is -1.77. The highest BCUT2D eigenvalue weighted by Gasteiger charge is 2.79. The van der Waals surface area contributed by atoms with Gasteiger partial charge < -0.3 is 19.6 Å². The normalized spacial score (nSPS) is 31.2. The molecule has 1 heterocycles. The first-order valence-corrected chi connectivity index (χ1v) is 16.8. The van der Waals surface area contributed by atoms with Crippen LogP contribution in [0.1, 0.15) is 94.5 Å². The van der Waals surface area contributed by atoms with Crippen molar-refractivity contribution in [2.45, 2.75) is 102 Å². The first kappa shape index (κ1) is 34.6. The first-order chi connectivity index (χ1) is 22.3. The van der Waals surface area contributed by atoms with Crippen LogP contribution in [0.4, 0.5) is 26.7 Å². The lowest BCUT2D eigenvalue weighted by atomic mass is 9.50. The van der Waals surface area contributed by atoms with Crippen LogP contribution in [0.25, 0.3) is 0 Å². The molecular weight excluding hydrogens is 635 g/mol. The molecule has 2 amide bonds. The predicted octanol–water partition coefficient (Wildman–Crippen LogP) is 7.21. The average molecular weight is 679 g/mol. The van der Waals surface area contributed by atoms with Crippen LogP contribution in [0.3, 0.4) is 0 Å². The number of fused-ring (bicyclic) bond motifs is 4. The number of halogens is 5. The highest BCUT2D eigenvalue weighted by atomic mass is 19.4. The van der Waals surface area contributed by atoms with E-state index in [-0.39, 0.29) is 30.4 Å². The second-order valence-electron chi connectivity index (χ2n) is 15.3. The van der Waals surface area contributed by atoms with Crippen LogP contribution in [0, 0.1) is 17.3 Å². The van der Waals surface area contributed by atoms with Crippen LogP contribution in [0.2, 0.25) is 0 Å². The number of amides is 2. The van der Waals surface area contributed by atoms with Crippen LogP contribution >= 0.6 is 0 Å². The number of allylic oxidation sites excluding steroid dienone is 4. The monoisotopic (exact) mass is 678 g/mol. The number of hydrogen-bond acceptors (Lipinski definition) is 5. The molecule has 1 aromatic rings. The standard InChI is InChI=1S/C36H43F5N2O5/c1-32(2,3)48-31(46)43-17-15-42(16-18-43)30(45)22-7-5-21(6-8-22)27-20-33(4)28(13-14-34(33,47)35(37,38)36(39,40)41)26-11-9-23-19-24(44)10-12-25(23)29(26)27/h5-8,19,26-28,47H,9-18,20H2,1-4H3/t26?,27-,28?,33+,34-/m1/s1. The van der Waals surface area contributed by atoms with E-state index in [1.165, 1.54) is 6.92 Å². The third kappa shape index (κ3) is 5.55. The van der Waals surface area contributed by atoms with Crippen molar-refractivity contribution in [2.24, 2.45) is 17.3 Å². The number of alkyl halides is 5. The summed E-state index contributed by atoms with van der Waals surface area (Å²) < 4.78 is 77.5. The molecule has 2 unspecified atom stereocenters. The van der Waals surface area contributed by atoms with Gasteiger partial charge in [0.2, 0.25) is 0 Å². The molecule has 2 saturated carbocycles. The van der Waals surface area contributed by atoms with Gasteiger partial charge in [-0.15, -0.1) is 0 Å². The van der Waals surface area contributed by atoms with Crippen molar-refractivity contribution < 1.29 is 46.2 Å². The lowest BCUT2D eigenvalue weighted by Gasteiger charge is -2.56. The van der Waals surface area contributed by atoms with Gasteiger partial charge in [-0.2, -0.15) is 22.0 Å². The van der Waals surface area contributed by atoms with Crippen molar-refractivity contribution in [2.75, 3.05) is 26.2 Å². The summed E-state index contributed by atoms with van der Waals surface area (Å²) in [4.78, 5) is 41.4. The molecule has 4 aliphatic carbocycles. The molecule has 0 aromatic heterocycles. The summed E-state index contributed by atoms with van der Waals surface area (Å²) in [5.74, 6) is -7.04. The summed E-state index contributed by atoms with van der Waals surface area (Å²) >= 11 is 0. The van der Waals surface area contributed by atoms with Crippen LogP contribution in [0.5, 0.6) is 0 Å². The fourth-order valence-corrected chi connectivity index (χ4v) is 9.17. The minimum Gasteiger partial charge on any atom is -0.444 e. The smallest absolute Gasteiger partial charge is 0.444 e. The molecule has 6 rings (SSSR count). The number of nitrogens with zero attached hydrogens (tertiary/aromatic N) is 2. The quantitative estimate of drug-likeness (QED) is 0.342. The van der Waals surface area contributed by atoms with Crippen LogP contribution in [-0.2, 0) is 9.53 Å². The number of aliphatic hydroxyl groups is 1. The number of hydrogen-bond donors (Lipinski definition) is 1. The zero-order valence-corrected chi connectivity index (χ0v) is 27.8. The molecule has 5 atom stereocenters. The Bertz CT molecular complexity index is 1550. The van der Waals surface area contributed by atoms with Gasteiger partial charge in [-0.05, 0) is 106 Å². The maximum Gasteiger partial charge on any atom is 0.456 e. The Morgan fingerprint density at radius 3 is 2.15 bits per heavy atom. The molecule has 48 heavy (non-hydrogen) atoms. The number of carbonyl (C=O) groups is 3. The van der Waals surface area contributed by atoms with E-state index in [0.717, 1.165) is 16.7 Å². The van der Waals surface area contributed by atoms with Gasteiger partial charge in [-0.1, -0.05) is 24.6 Å². The van der Waals surface area contributed by atoms with Crippen molar-refractivity contribution >= 4 is 17.8 Å². The summed E-state index contributed by atoms with van der Waals surface area (Å²) in [7, 11) is 0. The molecule has 262 valence electrons. The highest BCUT2D eigenvalue weighted by molar-refractivity contribution is 5.94. The van der Waals surface area contributed by atoms with Crippen LogP contribution in [-0.4, -0.2) is 82.2 Å². The topological polar surface area (TPSA) is 87.2 Å². The van der Waals surface area contributed by atoms with Crippen molar-refractivity contribution in [1.82, 2.24) is 9.80 Å². The SMILES string of the molecule is CC(C)(C)OC(=O)N1CCN(C(=O)c2ccc([C@H]3C[C@@]4(C)C(CC[C@]4(O)C(F)(F)C(F)(F)F)C4CCC5=CC(=O)CCC5=C43)cc2)CC1. The van der Waals surface area contributed by atoms with E-state index in [4.69, 9.17) is 4.74 Å². The third-order valence-corrected chi connectivity index (χ3v) is 11.5. The molecule has 7 nitrogen and oxygen atoms in total. The largest absolute Gasteiger partial charge is 0.456 e. The molecule has 12 heteroatoms. The number of piperazine rings is 1. The van der Waals surface area contributed by atoms with E-state index in [1.807, 2.05) is 0 Å². The van der Waals surface area contributed by atoms with E-state index < -0.39 is 53.1 Å². The third-order valence-electron chi connectivity index (χ3n) is 11.5. The minimum atomic E-state index is -5.92. The van der Waals surface area contributed by atoms with Gasteiger partial charge in [0.25, 0.3) is 5.91 Å². The zero-order valence-electron chi connectivity index (χ0n) is 27.8. The molecule has 0 radical (unpaired) electrons. The molecule has 1 saturated heterocycles. The second kappa shape index (κ2) is 11.7. The molecule has 1 N–H and O–H groups in total. The van der Waals surface area contributed by atoms with E-state index in [2.05, 4.69) is 0 Å². The lowest BCUT2D eigenvalue weighted by Crippen LogP contribution is -2.65. The Balaban J connectivity index is 1.30. The van der Waals surface area contributed by atoms with Gasteiger partial charge in [0, 0.05) is 49.5 Å². The molecule has 0 bridgehead atoms. The fraction of sp³-hybridized carbons (Fsp3) is 0.639. The van der Waals surface area contributed by atoms with Gasteiger partial charge in [-0.25, -0.2) is 4.79 Å². The first-order valence-electron chi connectivity index (χ1n) is 16.8. The van der Waals surface area contributed by atoms with Gasteiger partial charge in [0.05, 0.1) is 0 Å². The van der Waals surface area contributed by atoms with E-state index >= 15 is 8.78 Å². The van der Waals surface area contributed by atoms with Crippen molar-refractivity contribution in [1.29, 1.82) is 0 Å². The van der Waals surface area contributed by atoms with E-state index in [9.17, 15) is 32.7 Å². The summed E-state index contributed by atoms with van der Waals surface area (Å²) in [6.07, 6.45) is -3.68. The molecule has 1 aromatic carbocycles. The summed E-state index contributed by atoms with van der Waals surface area (Å²) in [6, 6.07) is 6.74. The van der Waals surface area contributed by atoms with Gasteiger partial charge in [0.1, 0.15) is 11.2 Å². The van der Waals surface area contributed by atoms with E-state index in [1.54, 1.807) is 60.9 Å². The minimum absolute atomic E-state index is 0.0138. The average Bonchev–Trinajstić information content (AvgIpc) is 3.30. The second-order valence-corrected chi connectivity index (χ2v) is 15.3. The Labute approximate surface area is 277 Å². The van der Waals surface area contributed by atoms with Gasteiger partial charge >= 0.3 is 18.2 Å². The summed E-state index contributed by atoms with van der Waals surface area (Å²) in [5, 5.41) is 11.5. The number of carbonyl (C=O) groups excluding carboxylic acids is 3. The van der Waals surface area contributed by atoms with Crippen molar-refractivity contribution in [3.8, 4) is 0 Å². The zero-order chi connectivity index (χ0) is 35.0. The fourth-order valence-electron chi connectivity index (χ4n) is 9.17. The van der Waals surface area contributed by atoms with E-state index in [0.29, 0.717) is 63.0 Å². The number of ether oxygens (including phenoxy) is 1. The number of rotatable bonds is 3. The molecule has 3 fully saturated rings. The number of ketones is 1. The maximum atomic E-state index is 15.3. The van der Waals surface area contributed by atoms with Crippen LogP contribution in [0.15, 0.2) is 47.1 Å². The maximum absolute atomic E-state index is 15.3. The van der Waals surface area contributed by atoms with Gasteiger partial charge in [0.15, 0.2) is 5.78 Å². The molecule has 1 aliphatic heterocycles. The Kier molecular flexibility index (Phi) is 8.40. The highest BCUT2D eigenvalue weighted by Crippen LogP contribution is 2.70. The number of benzene rings is 1. The van der Waals surface area contributed by atoms with Crippen LogP contribution < -0.4 is 0 Å². The Morgan fingerprint density at radius 1 is 0.917 bits per heavy atom. The molecule has 0 spiro atoms. The summed E-state index contributed by atoms with van der Waals surface area (Å²) in [6.45, 7) is 7.96. The predicted molar refractivity (Wildman–Crippen MR) is 166 cm³/mol. The van der Waals surface area contributed by atoms with Crippen molar-refractivity contribution in [3.63, 3.8) is 0 Å². The Morgan fingerprint density at radius 2 is 1.54 bits per heavy atom. The lowest BCUT2D eigenvalue weighted by molar-refractivity contribution is -0.362. The molecular formula is C36H43F5N2O5.